The third-order valence-electron chi connectivity index (χ3n) is 10.9. The van der Waals surface area contributed by atoms with E-state index >= 15 is 0 Å². The number of hydrogen-bond donors (Lipinski definition) is 4. The zero-order valence-corrected chi connectivity index (χ0v) is 44.4. The molecule has 0 aliphatic heterocycles. The molecule has 0 radical (unpaired) electrons. The van der Waals surface area contributed by atoms with Crippen LogP contribution < -0.4 is 39.1 Å². The molecule has 400 valence electrons. The number of urea groups is 1. The van der Waals surface area contributed by atoms with Crippen LogP contribution in [0.15, 0.2) is 138 Å². The van der Waals surface area contributed by atoms with E-state index < -0.39 is 37.8 Å². The quantitative estimate of drug-likeness (QED) is 0.0249. The zero-order valence-electron chi connectivity index (χ0n) is 42.8. The summed E-state index contributed by atoms with van der Waals surface area (Å²) in [4.78, 5) is 13.4. The van der Waals surface area contributed by atoms with Crippen LogP contribution in [0, 0.1) is 27.7 Å². The highest BCUT2D eigenvalue weighted by Crippen LogP contribution is 2.39. The minimum absolute atomic E-state index is 0.0134. The van der Waals surface area contributed by atoms with Gasteiger partial charge in [-0.2, -0.15) is 47.5 Å². The lowest BCUT2D eigenvalue weighted by Gasteiger charge is -2.15. The number of amides is 2. The van der Waals surface area contributed by atoms with Gasteiger partial charge in [0.15, 0.2) is 0 Å². The van der Waals surface area contributed by atoms with E-state index in [4.69, 9.17) is 37.5 Å². The van der Waals surface area contributed by atoms with E-state index in [1.54, 1.807) is 97.1 Å². The highest BCUT2D eigenvalue weighted by molar-refractivity contribution is 7.86. The highest BCUT2D eigenvalue weighted by Gasteiger charge is 2.16. The minimum atomic E-state index is -4.12. The summed E-state index contributed by atoms with van der Waals surface area (Å²) in [5, 5.41) is 40.9. The average molecular weight is 1080 g/mol. The molecular formula is C51H56N10O13S2. The van der Waals surface area contributed by atoms with Gasteiger partial charge in [-0.25, -0.2) is 4.79 Å². The van der Waals surface area contributed by atoms with E-state index in [1.165, 1.54) is 28.4 Å². The number of hydrogen-bond acceptors (Lipinski definition) is 19. The van der Waals surface area contributed by atoms with Crippen molar-refractivity contribution in [3.63, 3.8) is 0 Å². The number of methoxy groups -OCH3 is 4. The zero-order chi connectivity index (χ0) is 55.0. The molecule has 2 amide bonds. The Labute approximate surface area is 439 Å². The molecule has 0 aliphatic carbocycles. The van der Waals surface area contributed by atoms with Gasteiger partial charge in [-0.3, -0.25) is 9.11 Å². The Morgan fingerprint density at radius 1 is 0.434 bits per heavy atom. The Bertz CT molecular complexity index is 3200. The fourth-order valence-corrected chi connectivity index (χ4v) is 7.90. The number of anilines is 2. The molecule has 0 saturated heterocycles. The molecule has 0 unspecified atom stereocenters. The van der Waals surface area contributed by atoms with Gasteiger partial charge in [0.2, 0.25) is 0 Å². The Balaban J connectivity index is 1.08. The number of azo groups is 4. The molecule has 0 spiro atoms. The first kappa shape index (κ1) is 56.9. The molecule has 6 rings (SSSR count). The Morgan fingerprint density at radius 2 is 0.789 bits per heavy atom. The number of nitrogens with one attached hydrogen (secondary N) is 2. The molecule has 0 aliphatic rings. The molecule has 6 aromatic carbocycles. The van der Waals surface area contributed by atoms with Gasteiger partial charge in [0.1, 0.15) is 45.9 Å². The molecule has 25 heteroatoms. The second-order valence-corrected chi connectivity index (χ2v) is 19.8. The first-order chi connectivity index (χ1) is 36.2. The number of benzene rings is 6. The van der Waals surface area contributed by atoms with Crippen molar-refractivity contribution in [3.05, 3.63) is 119 Å². The van der Waals surface area contributed by atoms with Crippen molar-refractivity contribution in [3.8, 4) is 34.5 Å². The Hall–Kier alpha value is -8.39. The number of ether oxygens (including phenoxy) is 6. The highest BCUT2D eigenvalue weighted by atomic mass is 32.2. The lowest BCUT2D eigenvalue weighted by molar-refractivity contribution is 0.262. The van der Waals surface area contributed by atoms with Crippen LogP contribution >= 0.6 is 0 Å². The monoisotopic (exact) mass is 1080 g/mol. The van der Waals surface area contributed by atoms with E-state index in [-0.39, 0.29) is 26.1 Å². The standard InChI is InChI=1S/C51H56N10O13S2/c1-31-23-35(11-15-39(31)56-58-41-17-13-37(69-5)27-49(41)73-19-9-21-75(63,64)65)54-60-43-29-47(71-7)45(25-33(43)3)52-51(62)53-46-26-34(4)44(30-48(46)72-8)61-55-36-12-16-40(32(2)24-36)57-59-42-18-14-38(70-6)28-50(42)74-20-10-22-76(66,67)68/h11-18,23-30H,9-10,19-22H2,1-8H3,(H2,52,53,62)(H,63,64,65)(H,66,67,68). The van der Waals surface area contributed by atoms with Crippen molar-refractivity contribution < 1.29 is 59.2 Å². The summed E-state index contributed by atoms with van der Waals surface area (Å²) >= 11 is 0. The minimum Gasteiger partial charge on any atom is -0.497 e. The number of carbonyl (C=O) groups is 1. The molecule has 0 heterocycles. The number of aryl methyl sites for hydroxylation is 4. The fourth-order valence-electron chi connectivity index (χ4n) is 6.93. The second kappa shape index (κ2) is 26.2. The second-order valence-electron chi connectivity index (χ2n) is 16.6. The molecular weight excluding hydrogens is 1020 g/mol. The summed E-state index contributed by atoms with van der Waals surface area (Å²) in [7, 11) is -2.30. The molecule has 23 nitrogen and oxygen atoms in total. The fraction of sp³-hybridized carbons (Fsp3) is 0.275. The Kier molecular flexibility index (Phi) is 19.6. The summed E-state index contributed by atoms with van der Waals surface area (Å²) in [5.74, 6) is 1.43. The van der Waals surface area contributed by atoms with E-state index in [1.807, 2.05) is 27.7 Å². The lowest BCUT2D eigenvalue weighted by atomic mass is 10.1. The maximum absolute atomic E-state index is 13.4. The van der Waals surface area contributed by atoms with Crippen LogP contribution in [0.2, 0.25) is 0 Å². The van der Waals surface area contributed by atoms with Crippen molar-refractivity contribution >= 4 is 83.1 Å². The number of nitrogens with zero attached hydrogens (tertiary/aromatic N) is 8. The van der Waals surface area contributed by atoms with E-state index in [9.17, 15) is 21.6 Å². The molecule has 6 aromatic rings. The Morgan fingerprint density at radius 3 is 1.14 bits per heavy atom. The van der Waals surface area contributed by atoms with Crippen LogP contribution in [0.4, 0.5) is 61.7 Å². The number of carbonyl (C=O) groups excluding carboxylic acids is 1. The van der Waals surface area contributed by atoms with Crippen LogP contribution in [0.5, 0.6) is 34.5 Å². The first-order valence-corrected chi connectivity index (χ1v) is 26.3. The van der Waals surface area contributed by atoms with Gasteiger partial charge < -0.3 is 39.1 Å². The van der Waals surface area contributed by atoms with Crippen LogP contribution in [0.25, 0.3) is 0 Å². The average Bonchev–Trinajstić information content (AvgIpc) is 3.37. The predicted octanol–water partition coefficient (Wildman–Crippen LogP) is 13.6. The molecule has 0 saturated carbocycles. The summed E-state index contributed by atoms with van der Waals surface area (Å²) in [6.45, 7) is 7.35. The van der Waals surface area contributed by atoms with Crippen LogP contribution in [-0.4, -0.2) is 85.1 Å². The molecule has 76 heavy (non-hydrogen) atoms. The lowest BCUT2D eigenvalue weighted by Crippen LogP contribution is -2.20. The van der Waals surface area contributed by atoms with Crippen molar-refractivity contribution in [2.75, 3.05) is 63.8 Å². The summed E-state index contributed by atoms with van der Waals surface area (Å²) in [5.41, 5.74) is 7.57. The van der Waals surface area contributed by atoms with Crippen molar-refractivity contribution in [1.29, 1.82) is 0 Å². The van der Waals surface area contributed by atoms with Crippen molar-refractivity contribution in [2.45, 2.75) is 40.5 Å². The van der Waals surface area contributed by atoms with Crippen LogP contribution in [-0.2, 0) is 20.2 Å². The third-order valence-corrected chi connectivity index (χ3v) is 12.5. The summed E-state index contributed by atoms with van der Waals surface area (Å²) in [6, 6.07) is 26.6. The van der Waals surface area contributed by atoms with Gasteiger partial charge in [-0.15, -0.1) is 10.2 Å². The first-order valence-electron chi connectivity index (χ1n) is 23.1. The smallest absolute Gasteiger partial charge is 0.323 e. The van der Waals surface area contributed by atoms with E-state index in [0.717, 1.165) is 11.1 Å². The van der Waals surface area contributed by atoms with Gasteiger partial charge in [0, 0.05) is 24.3 Å². The maximum atomic E-state index is 13.4. The molecule has 4 N–H and O–H groups in total. The topological polar surface area (TPSA) is 304 Å². The van der Waals surface area contributed by atoms with Gasteiger partial charge >= 0.3 is 6.03 Å². The third kappa shape index (κ3) is 16.8. The SMILES string of the molecule is COc1ccc(N=Nc2ccc(N=Nc3cc(OC)c(NC(=O)Nc4cc(C)c(N=Nc5ccc(N=Nc6ccc(OC)cc6OCCCS(=O)(=O)O)c(C)c5)cc4OC)cc3C)cc2C)c(OCCCS(=O)(=O)O)c1. The van der Waals surface area contributed by atoms with E-state index in [0.29, 0.717) is 102 Å². The maximum Gasteiger partial charge on any atom is 0.323 e. The van der Waals surface area contributed by atoms with Crippen molar-refractivity contribution in [2.24, 2.45) is 40.9 Å². The summed E-state index contributed by atoms with van der Waals surface area (Å²) < 4.78 is 95.7. The molecule has 0 atom stereocenters. The van der Waals surface area contributed by atoms with Gasteiger partial charge in [0.25, 0.3) is 20.2 Å². The van der Waals surface area contributed by atoms with Crippen LogP contribution in [0.3, 0.4) is 0 Å². The molecule has 0 fully saturated rings. The van der Waals surface area contributed by atoms with Gasteiger partial charge in [-0.05, 0) is 136 Å². The van der Waals surface area contributed by atoms with Crippen molar-refractivity contribution in [1.82, 2.24) is 0 Å². The van der Waals surface area contributed by atoms with Gasteiger partial charge in [0.05, 0.1) is 98.7 Å². The molecule has 0 aromatic heterocycles. The molecule has 0 bridgehead atoms. The largest absolute Gasteiger partial charge is 0.497 e. The normalized spacial score (nSPS) is 11.9. The van der Waals surface area contributed by atoms with E-state index in [2.05, 4.69) is 51.5 Å². The van der Waals surface area contributed by atoms with Gasteiger partial charge in [-0.1, -0.05) is 0 Å². The predicted molar refractivity (Wildman–Crippen MR) is 286 cm³/mol. The van der Waals surface area contributed by atoms with Crippen LogP contribution in [0.1, 0.15) is 35.1 Å². The number of rotatable bonds is 24. The summed E-state index contributed by atoms with van der Waals surface area (Å²) in [6.07, 6.45) is 0.139.